The van der Waals surface area contributed by atoms with E-state index in [4.69, 9.17) is 5.11 Å². The van der Waals surface area contributed by atoms with Crippen LogP contribution in [0.4, 0.5) is 5.69 Å². The molecule has 0 atom stereocenters. The third kappa shape index (κ3) is 7.81. The van der Waals surface area contributed by atoms with E-state index in [1.807, 2.05) is 0 Å². The molecule has 0 aliphatic heterocycles. The Labute approximate surface area is 114 Å². The second kappa shape index (κ2) is 10.7. The highest BCUT2D eigenvalue weighted by atomic mass is 35.5. The standard InChI is InChI=1S/C7H5NO4S.C4H10.ClH/c9-7(10)5-3-1-2-4-6(5)8-13(11)12;1-3-4-2;/h1-4H,(H,9,10);3-4H2,1-2H3;1H. The first kappa shape index (κ1) is 19.0. The van der Waals surface area contributed by atoms with Gasteiger partial charge in [0, 0.05) is 0 Å². The molecule has 0 aliphatic rings. The fraction of sp³-hybridized carbons (Fsp3) is 0.364. The van der Waals surface area contributed by atoms with Crippen molar-refractivity contribution >= 4 is 34.6 Å². The number of unbranched alkanes of at least 4 members (excludes halogenated alkanes) is 1. The summed E-state index contributed by atoms with van der Waals surface area (Å²) < 4.78 is 23.5. The zero-order valence-corrected chi connectivity index (χ0v) is 11.8. The van der Waals surface area contributed by atoms with Crippen molar-refractivity contribution in [1.82, 2.24) is 0 Å². The van der Waals surface area contributed by atoms with Crippen LogP contribution in [-0.2, 0) is 10.5 Å². The maximum Gasteiger partial charge on any atom is 0.337 e. The number of nitrogens with zero attached hydrogens (tertiary/aromatic N) is 1. The van der Waals surface area contributed by atoms with E-state index >= 15 is 0 Å². The van der Waals surface area contributed by atoms with Gasteiger partial charge < -0.3 is 5.11 Å². The Morgan fingerprint density at radius 2 is 1.72 bits per heavy atom. The molecule has 7 heteroatoms. The number of carboxylic acid groups (broad SMARTS) is 1. The van der Waals surface area contributed by atoms with Crippen LogP contribution in [0, 0.1) is 0 Å². The Balaban J connectivity index is 0. The number of carbonyl (C=O) groups is 1. The number of carboxylic acids is 1. The molecule has 0 spiro atoms. The third-order valence-corrected chi connectivity index (χ3v) is 2.15. The van der Waals surface area contributed by atoms with Gasteiger partial charge in [-0.3, -0.25) is 0 Å². The van der Waals surface area contributed by atoms with Crippen LogP contribution in [0.1, 0.15) is 37.0 Å². The van der Waals surface area contributed by atoms with Gasteiger partial charge in [0.1, 0.15) is 0 Å². The van der Waals surface area contributed by atoms with E-state index in [-0.39, 0.29) is 23.7 Å². The molecule has 0 radical (unpaired) electrons. The molecule has 1 aromatic rings. The highest BCUT2D eigenvalue weighted by Crippen LogP contribution is 2.17. The molecule has 1 aromatic carbocycles. The van der Waals surface area contributed by atoms with Crippen LogP contribution in [0.25, 0.3) is 0 Å². The fourth-order valence-corrected chi connectivity index (χ4v) is 1.13. The van der Waals surface area contributed by atoms with Crippen molar-refractivity contribution in [2.75, 3.05) is 0 Å². The van der Waals surface area contributed by atoms with Crippen molar-refractivity contribution in [3.8, 4) is 0 Å². The third-order valence-electron chi connectivity index (χ3n) is 1.81. The van der Waals surface area contributed by atoms with Crippen molar-refractivity contribution < 1.29 is 18.3 Å². The summed E-state index contributed by atoms with van der Waals surface area (Å²) in [5, 5.41) is 8.62. The van der Waals surface area contributed by atoms with E-state index in [0.29, 0.717) is 0 Å². The summed E-state index contributed by atoms with van der Waals surface area (Å²) >= 11 is 0. The molecule has 0 bridgehead atoms. The minimum atomic E-state index is -2.63. The lowest BCUT2D eigenvalue weighted by Gasteiger charge is -1.95. The first-order chi connectivity index (χ1) is 8.02. The summed E-state index contributed by atoms with van der Waals surface area (Å²) in [6, 6.07) is 5.61. The molecule has 102 valence electrons. The topological polar surface area (TPSA) is 83.8 Å². The van der Waals surface area contributed by atoms with Crippen molar-refractivity contribution in [3.05, 3.63) is 29.8 Å². The Hall–Kier alpha value is -1.40. The SMILES string of the molecule is CCCC.Cl.O=C(O)c1ccccc1N=S(=O)=O. The number of hydrogen-bond donors (Lipinski definition) is 1. The molecule has 0 amide bonds. The molecular formula is C11H16ClNO4S. The van der Waals surface area contributed by atoms with Gasteiger partial charge in [0.25, 0.3) is 0 Å². The average Bonchev–Trinajstić information content (AvgIpc) is 2.29. The van der Waals surface area contributed by atoms with E-state index < -0.39 is 16.5 Å². The molecule has 5 nitrogen and oxygen atoms in total. The van der Waals surface area contributed by atoms with Gasteiger partial charge in [0.2, 0.25) is 0 Å². The molecule has 0 saturated carbocycles. The molecule has 0 heterocycles. The monoisotopic (exact) mass is 293 g/mol. The molecular weight excluding hydrogens is 278 g/mol. The van der Waals surface area contributed by atoms with E-state index in [1.54, 1.807) is 0 Å². The molecule has 1 rings (SSSR count). The predicted molar refractivity (Wildman–Crippen MR) is 72.2 cm³/mol. The Morgan fingerprint density at radius 3 is 2.11 bits per heavy atom. The molecule has 0 aliphatic carbocycles. The van der Waals surface area contributed by atoms with Gasteiger partial charge in [-0.2, -0.15) is 8.42 Å². The lowest BCUT2D eigenvalue weighted by molar-refractivity contribution is 0.0698. The van der Waals surface area contributed by atoms with Crippen molar-refractivity contribution in [1.29, 1.82) is 0 Å². The number of aromatic carboxylic acids is 1. The lowest BCUT2D eigenvalue weighted by atomic mass is 10.2. The minimum absolute atomic E-state index is 0. The zero-order chi connectivity index (χ0) is 13.3. The van der Waals surface area contributed by atoms with Gasteiger partial charge in [-0.1, -0.05) is 38.8 Å². The van der Waals surface area contributed by atoms with Crippen LogP contribution in [0.5, 0.6) is 0 Å². The van der Waals surface area contributed by atoms with Crippen LogP contribution in [0.2, 0.25) is 0 Å². The second-order valence-electron chi connectivity index (χ2n) is 3.13. The quantitative estimate of drug-likeness (QED) is 0.926. The van der Waals surface area contributed by atoms with Crippen LogP contribution < -0.4 is 0 Å². The molecule has 0 unspecified atom stereocenters. The summed E-state index contributed by atoms with van der Waals surface area (Å²) in [5.74, 6) is -1.20. The Morgan fingerprint density at radius 1 is 1.22 bits per heavy atom. The largest absolute Gasteiger partial charge is 0.478 e. The summed E-state index contributed by atoms with van der Waals surface area (Å²) in [4.78, 5) is 10.5. The molecule has 1 N–H and O–H groups in total. The maximum absolute atomic E-state index is 10.5. The van der Waals surface area contributed by atoms with Crippen molar-refractivity contribution in [3.63, 3.8) is 0 Å². The van der Waals surface area contributed by atoms with E-state index in [0.717, 1.165) is 0 Å². The molecule has 0 saturated heterocycles. The molecule has 0 fully saturated rings. The fourth-order valence-electron chi connectivity index (χ4n) is 0.814. The van der Waals surface area contributed by atoms with Crippen molar-refractivity contribution in [2.24, 2.45) is 4.36 Å². The van der Waals surface area contributed by atoms with Gasteiger partial charge in [-0.25, -0.2) is 4.79 Å². The van der Waals surface area contributed by atoms with Gasteiger partial charge in [0.15, 0.2) is 0 Å². The van der Waals surface area contributed by atoms with Gasteiger partial charge >= 0.3 is 16.5 Å². The Bertz CT molecular complexity index is 490. The molecule has 0 aromatic heterocycles. The highest BCUT2D eigenvalue weighted by Gasteiger charge is 2.07. The number of benzene rings is 1. The number of hydrogen-bond acceptors (Lipinski definition) is 4. The average molecular weight is 294 g/mol. The first-order valence-electron chi connectivity index (χ1n) is 5.16. The normalized spacial score (nSPS) is 8.33. The van der Waals surface area contributed by atoms with Crippen LogP contribution in [-0.4, -0.2) is 19.5 Å². The van der Waals surface area contributed by atoms with E-state index in [1.165, 1.54) is 37.1 Å². The van der Waals surface area contributed by atoms with Gasteiger partial charge in [0.05, 0.1) is 11.3 Å². The summed E-state index contributed by atoms with van der Waals surface area (Å²) in [7, 11) is -2.63. The van der Waals surface area contributed by atoms with Gasteiger partial charge in [-0.05, 0) is 12.1 Å². The zero-order valence-electron chi connectivity index (χ0n) is 10.2. The van der Waals surface area contributed by atoms with Crippen LogP contribution in [0.15, 0.2) is 28.6 Å². The van der Waals surface area contributed by atoms with Crippen molar-refractivity contribution in [2.45, 2.75) is 26.7 Å². The lowest BCUT2D eigenvalue weighted by Crippen LogP contribution is -1.95. The second-order valence-corrected chi connectivity index (χ2v) is 3.75. The van der Waals surface area contributed by atoms with Crippen LogP contribution >= 0.6 is 12.4 Å². The Kier molecular flexibility index (Phi) is 11.3. The number of rotatable bonds is 3. The summed E-state index contributed by atoms with van der Waals surface area (Å²) in [6.07, 6.45) is 2.64. The molecule has 18 heavy (non-hydrogen) atoms. The summed E-state index contributed by atoms with van der Waals surface area (Å²) in [6.45, 7) is 4.36. The van der Waals surface area contributed by atoms with E-state index in [2.05, 4.69) is 18.2 Å². The first-order valence-corrected chi connectivity index (χ1v) is 6.19. The van der Waals surface area contributed by atoms with E-state index in [9.17, 15) is 13.2 Å². The number of halogens is 1. The minimum Gasteiger partial charge on any atom is -0.478 e. The van der Waals surface area contributed by atoms with Gasteiger partial charge in [-0.15, -0.1) is 16.8 Å². The maximum atomic E-state index is 10.5. The predicted octanol–water partition coefficient (Wildman–Crippen LogP) is 3.31. The van der Waals surface area contributed by atoms with Crippen LogP contribution in [0.3, 0.4) is 0 Å². The smallest absolute Gasteiger partial charge is 0.337 e. The summed E-state index contributed by atoms with van der Waals surface area (Å²) in [5.41, 5.74) is -0.199. The highest BCUT2D eigenvalue weighted by molar-refractivity contribution is 7.61.